The average molecular weight is 311 g/mol. The molecule has 2 N–H and O–H groups in total. The van der Waals surface area contributed by atoms with Crippen LogP contribution in [0.2, 0.25) is 0 Å². The second-order valence-electron chi connectivity index (χ2n) is 4.77. The van der Waals surface area contributed by atoms with E-state index in [0.29, 0.717) is 5.96 Å². The molecule has 1 aromatic carbocycles. The van der Waals surface area contributed by atoms with Gasteiger partial charge in [0.25, 0.3) is 0 Å². The van der Waals surface area contributed by atoms with Crippen LogP contribution in [0.25, 0.3) is 0 Å². The van der Waals surface area contributed by atoms with Gasteiger partial charge in [0.1, 0.15) is 0 Å². The van der Waals surface area contributed by atoms with Crippen LogP contribution in [0.15, 0.2) is 35.3 Å². The van der Waals surface area contributed by atoms with Crippen molar-refractivity contribution in [3.05, 3.63) is 35.9 Å². The Labute approximate surface area is 127 Å². The van der Waals surface area contributed by atoms with Gasteiger partial charge in [0.05, 0.1) is 18.3 Å². The Morgan fingerprint density at radius 2 is 1.90 bits per heavy atom. The maximum Gasteiger partial charge on any atom is 0.191 e. The van der Waals surface area contributed by atoms with E-state index in [-0.39, 0.29) is 24.1 Å². The van der Waals surface area contributed by atoms with Gasteiger partial charge in [-0.2, -0.15) is 0 Å². The molecule has 1 rings (SSSR count). The van der Waals surface area contributed by atoms with Crippen molar-refractivity contribution in [1.82, 2.24) is 10.6 Å². The van der Waals surface area contributed by atoms with Crippen LogP contribution in [-0.2, 0) is 9.84 Å². The smallest absolute Gasteiger partial charge is 0.191 e. The quantitative estimate of drug-likeness (QED) is 0.594. The zero-order chi connectivity index (χ0) is 15.7. The molecule has 1 atom stereocenters. The van der Waals surface area contributed by atoms with Crippen LogP contribution in [0.1, 0.15) is 32.4 Å². The molecule has 0 bridgehead atoms. The number of nitrogens with one attached hydrogen (secondary N) is 2. The van der Waals surface area contributed by atoms with Crippen molar-refractivity contribution in [2.75, 3.05) is 24.6 Å². The molecule has 1 aromatic rings. The maximum absolute atomic E-state index is 11.5. The molecule has 0 aliphatic heterocycles. The van der Waals surface area contributed by atoms with Crippen LogP contribution in [-0.4, -0.2) is 39.0 Å². The predicted octanol–water partition coefficient (Wildman–Crippen LogP) is 1.74. The third kappa shape index (κ3) is 6.62. The van der Waals surface area contributed by atoms with E-state index in [4.69, 9.17) is 0 Å². The summed E-state index contributed by atoms with van der Waals surface area (Å²) in [7, 11) is -2.97. The summed E-state index contributed by atoms with van der Waals surface area (Å²) in [4.78, 5) is 4.33. The summed E-state index contributed by atoms with van der Waals surface area (Å²) in [5.74, 6) is 0.882. The van der Waals surface area contributed by atoms with Gasteiger partial charge in [0, 0.05) is 12.3 Å². The number of aliphatic imine (C=N–C) groups is 1. The number of hydrogen-bond donors (Lipinski definition) is 2. The van der Waals surface area contributed by atoms with E-state index in [0.717, 1.165) is 12.1 Å². The molecule has 0 spiro atoms. The van der Waals surface area contributed by atoms with Gasteiger partial charge in [-0.25, -0.2) is 8.42 Å². The third-order valence-corrected chi connectivity index (χ3v) is 4.79. The fourth-order valence-electron chi connectivity index (χ4n) is 1.79. The molecule has 0 amide bonds. The highest BCUT2D eigenvalue weighted by atomic mass is 32.2. The highest BCUT2D eigenvalue weighted by Crippen LogP contribution is 2.10. The number of benzene rings is 1. The minimum absolute atomic E-state index is 0.0831. The van der Waals surface area contributed by atoms with Crippen LogP contribution in [0.5, 0.6) is 0 Å². The highest BCUT2D eigenvalue weighted by Gasteiger charge is 2.09. The van der Waals surface area contributed by atoms with E-state index in [1.54, 1.807) is 6.92 Å². The van der Waals surface area contributed by atoms with Crippen molar-refractivity contribution < 1.29 is 8.42 Å². The fraction of sp³-hybridized carbons (Fsp3) is 0.533. The normalized spacial score (nSPS) is 13.8. The van der Waals surface area contributed by atoms with Crippen molar-refractivity contribution in [3.63, 3.8) is 0 Å². The zero-order valence-electron chi connectivity index (χ0n) is 13.0. The molecule has 1 unspecified atom stereocenters. The summed E-state index contributed by atoms with van der Waals surface area (Å²) in [6.45, 7) is 6.68. The largest absolute Gasteiger partial charge is 0.357 e. The van der Waals surface area contributed by atoms with Gasteiger partial charge in [-0.15, -0.1) is 0 Å². The second kappa shape index (κ2) is 8.67. The van der Waals surface area contributed by atoms with Crippen LogP contribution in [0.3, 0.4) is 0 Å². The Bertz CT molecular complexity index is 541. The summed E-state index contributed by atoms with van der Waals surface area (Å²) >= 11 is 0. The summed E-state index contributed by atoms with van der Waals surface area (Å²) < 4.78 is 22.9. The predicted molar refractivity (Wildman–Crippen MR) is 88.3 cm³/mol. The molecule has 0 fully saturated rings. The van der Waals surface area contributed by atoms with Crippen LogP contribution in [0, 0.1) is 0 Å². The van der Waals surface area contributed by atoms with Gasteiger partial charge in [-0.05, 0) is 19.4 Å². The average Bonchev–Trinajstić information content (AvgIpc) is 2.48. The Balaban J connectivity index is 2.64. The van der Waals surface area contributed by atoms with Crippen molar-refractivity contribution in [2.45, 2.75) is 26.8 Å². The Morgan fingerprint density at radius 1 is 1.24 bits per heavy atom. The summed E-state index contributed by atoms with van der Waals surface area (Å²) in [5.41, 5.74) is 1.16. The van der Waals surface area contributed by atoms with E-state index in [9.17, 15) is 8.42 Å². The van der Waals surface area contributed by atoms with Crippen LogP contribution >= 0.6 is 0 Å². The monoisotopic (exact) mass is 311 g/mol. The first-order valence-electron chi connectivity index (χ1n) is 7.28. The van der Waals surface area contributed by atoms with E-state index in [1.165, 1.54) is 0 Å². The second-order valence-corrected chi connectivity index (χ2v) is 7.25. The third-order valence-electron chi connectivity index (χ3n) is 3.11. The fourth-order valence-corrected chi connectivity index (χ4v) is 2.45. The molecular weight excluding hydrogens is 286 g/mol. The molecule has 0 aliphatic rings. The lowest BCUT2D eigenvalue weighted by Crippen LogP contribution is -2.39. The van der Waals surface area contributed by atoms with Gasteiger partial charge in [0.2, 0.25) is 0 Å². The molecule has 0 aromatic heterocycles. The van der Waals surface area contributed by atoms with Gasteiger partial charge in [-0.3, -0.25) is 4.99 Å². The molecular formula is C15H25N3O2S. The summed E-state index contributed by atoms with van der Waals surface area (Å²) in [6, 6.07) is 10.2. The van der Waals surface area contributed by atoms with Crippen molar-refractivity contribution >= 4 is 15.8 Å². The van der Waals surface area contributed by atoms with E-state index in [2.05, 4.69) is 15.6 Å². The van der Waals surface area contributed by atoms with Gasteiger partial charge >= 0.3 is 0 Å². The lowest BCUT2D eigenvalue weighted by atomic mass is 10.1. The van der Waals surface area contributed by atoms with E-state index >= 15 is 0 Å². The Hall–Kier alpha value is -1.56. The molecule has 118 valence electrons. The molecule has 0 saturated carbocycles. The molecule has 0 aliphatic carbocycles. The van der Waals surface area contributed by atoms with E-state index in [1.807, 2.05) is 44.2 Å². The Morgan fingerprint density at radius 3 is 2.48 bits per heavy atom. The van der Waals surface area contributed by atoms with Crippen LogP contribution in [0.4, 0.5) is 0 Å². The van der Waals surface area contributed by atoms with Gasteiger partial charge in [0.15, 0.2) is 15.8 Å². The Kier molecular flexibility index (Phi) is 7.22. The van der Waals surface area contributed by atoms with Crippen molar-refractivity contribution in [1.29, 1.82) is 0 Å². The molecule has 5 nitrogen and oxygen atoms in total. The van der Waals surface area contributed by atoms with Crippen molar-refractivity contribution in [2.24, 2.45) is 4.99 Å². The SMILES string of the molecule is CCNC(=NCCS(=O)(=O)CC)NC(C)c1ccccc1. The first kappa shape index (κ1) is 17.5. The number of nitrogens with zero attached hydrogens (tertiary/aromatic N) is 1. The molecule has 0 radical (unpaired) electrons. The van der Waals surface area contributed by atoms with Gasteiger partial charge in [-0.1, -0.05) is 37.3 Å². The number of rotatable bonds is 7. The lowest BCUT2D eigenvalue weighted by Gasteiger charge is -2.18. The molecule has 0 heterocycles. The number of guanidine groups is 1. The maximum atomic E-state index is 11.5. The summed E-state index contributed by atoms with van der Waals surface area (Å²) in [5, 5.41) is 6.41. The lowest BCUT2D eigenvalue weighted by molar-refractivity contribution is 0.597. The molecule has 21 heavy (non-hydrogen) atoms. The first-order valence-corrected chi connectivity index (χ1v) is 9.11. The zero-order valence-corrected chi connectivity index (χ0v) is 13.8. The first-order chi connectivity index (χ1) is 9.98. The van der Waals surface area contributed by atoms with E-state index < -0.39 is 9.84 Å². The number of sulfone groups is 1. The molecule has 0 saturated heterocycles. The highest BCUT2D eigenvalue weighted by molar-refractivity contribution is 7.91. The topological polar surface area (TPSA) is 70.6 Å². The minimum atomic E-state index is -2.97. The molecule has 6 heteroatoms. The van der Waals surface area contributed by atoms with Gasteiger partial charge < -0.3 is 10.6 Å². The summed E-state index contributed by atoms with van der Waals surface area (Å²) in [6.07, 6.45) is 0. The standard InChI is InChI=1S/C15H25N3O2S/c1-4-16-15(17-11-12-21(19,20)5-2)18-13(3)14-9-7-6-8-10-14/h6-10,13H,4-5,11-12H2,1-3H3,(H2,16,17,18). The number of hydrogen-bond acceptors (Lipinski definition) is 3. The van der Waals surface area contributed by atoms with Crippen LogP contribution < -0.4 is 10.6 Å². The van der Waals surface area contributed by atoms with Crippen molar-refractivity contribution in [3.8, 4) is 0 Å². The minimum Gasteiger partial charge on any atom is -0.357 e.